The molecule has 98 valence electrons. The first-order chi connectivity index (χ1) is 8.97. The molecule has 0 aliphatic carbocycles. The molecule has 1 aromatic carbocycles. The highest BCUT2D eigenvalue weighted by Crippen LogP contribution is 2.25. The first-order valence-electron chi connectivity index (χ1n) is 5.08. The average molecular weight is 406 g/mol. The number of aromatic hydroxyl groups is 1. The predicted octanol–water partition coefficient (Wildman–Crippen LogP) is 4.22. The molecule has 7 heteroatoms. The lowest BCUT2D eigenvalue weighted by Gasteiger charge is -2.07. The Morgan fingerprint density at radius 2 is 2.05 bits per heavy atom. The predicted molar refractivity (Wildman–Crippen MR) is 80.7 cm³/mol. The van der Waals surface area contributed by atoms with Crippen LogP contribution in [0.15, 0.2) is 39.4 Å². The molecule has 0 saturated carbocycles. The highest BCUT2D eigenvalue weighted by atomic mass is 79.9. The van der Waals surface area contributed by atoms with Crippen LogP contribution in [-0.4, -0.2) is 16.0 Å². The minimum atomic E-state index is -0.430. The monoisotopic (exact) mass is 404 g/mol. The fourth-order valence-electron chi connectivity index (χ4n) is 1.38. The first kappa shape index (κ1) is 14.3. The van der Waals surface area contributed by atoms with Crippen molar-refractivity contribution in [2.24, 2.45) is 0 Å². The largest absolute Gasteiger partial charge is 0.507 e. The van der Waals surface area contributed by atoms with Gasteiger partial charge in [0.1, 0.15) is 10.9 Å². The smallest absolute Gasteiger partial charge is 0.259 e. The van der Waals surface area contributed by atoms with Gasteiger partial charge in [0.2, 0.25) is 0 Å². The molecule has 1 aromatic heterocycles. The Morgan fingerprint density at radius 1 is 1.32 bits per heavy atom. The van der Waals surface area contributed by atoms with Crippen molar-refractivity contribution >= 4 is 55.1 Å². The molecule has 0 spiro atoms. The number of benzene rings is 1. The normalized spacial score (nSPS) is 10.3. The average Bonchev–Trinajstić information content (AvgIpc) is 2.33. The van der Waals surface area contributed by atoms with Crippen LogP contribution >= 0.6 is 43.5 Å². The van der Waals surface area contributed by atoms with Gasteiger partial charge in [0.25, 0.3) is 5.91 Å². The number of pyridine rings is 1. The minimum absolute atomic E-state index is 0.104. The zero-order valence-corrected chi connectivity index (χ0v) is 13.3. The highest BCUT2D eigenvalue weighted by Gasteiger charge is 2.12. The molecular weight excluding hydrogens is 399 g/mol. The summed E-state index contributed by atoms with van der Waals surface area (Å²) >= 11 is 12.2. The van der Waals surface area contributed by atoms with E-state index >= 15 is 0 Å². The van der Waals surface area contributed by atoms with Crippen molar-refractivity contribution in [1.29, 1.82) is 0 Å². The van der Waals surface area contributed by atoms with E-state index < -0.39 is 5.91 Å². The van der Waals surface area contributed by atoms with Gasteiger partial charge >= 0.3 is 0 Å². The number of carbonyl (C=O) groups is 1. The van der Waals surface area contributed by atoms with Crippen LogP contribution in [0.4, 0.5) is 5.69 Å². The first-order valence-corrected chi connectivity index (χ1v) is 7.04. The van der Waals surface area contributed by atoms with Gasteiger partial charge < -0.3 is 10.4 Å². The Morgan fingerprint density at radius 3 is 2.68 bits per heavy atom. The van der Waals surface area contributed by atoms with Crippen LogP contribution < -0.4 is 5.32 Å². The Labute approximate surface area is 131 Å². The summed E-state index contributed by atoms with van der Waals surface area (Å²) in [4.78, 5) is 15.9. The summed E-state index contributed by atoms with van der Waals surface area (Å²) in [5, 5.41) is 12.6. The van der Waals surface area contributed by atoms with E-state index in [4.69, 9.17) is 11.6 Å². The Kier molecular flexibility index (Phi) is 4.44. The molecule has 2 rings (SSSR count). The number of amides is 1. The van der Waals surface area contributed by atoms with Crippen molar-refractivity contribution in [3.8, 4) is 5.75 Å². The van der Waals surface area contributed by atoms with Crippen LogP contribution in [0.5, 0.6) is 5.75 Å². The fraction of sp³-hybridized carbons (Fsp3) is 0. The molecule has 0 aliphatic heterocycles. The van der Waals surface area contributed by atoms with Crippen molar-refractivity contribution < 1.29 is 9.90 Å². The van der Waals surface area contributed by atoms with Crippen LogP contribution in [0.2, 0.25) is 5.15 Å². The van der Waals surface area contributed by atoms with E-state index in [1.54, 1.807) is 12.1 Å². The number of hydrogen-bond acceptors (Lipinski definition) is 3. The van der Waals surface area contributed by atoms with Gasteiger partial charge in [-0.2, -0.15) is 0 Å². The number of carbonyl (C=O) groups excluding carboxylic acids is 1. The Bertz CT molecular complexity index is 650. The lowest BCUT2D eigenvalue weighted by atomic mass is 10.2. The maximum atomic E-state index is 12.0. The number of rotatable bonds is 2. The number of hydrogen-bond donors (Lipinski definition) is 2. The second-order valence-electron chi connectivity index (χ2n) is 3.61. The fourth-order valence-corrected chi connectivity index (χ4v) is 2.19. The third-order valence-electron chi connectivity index (χ3n) is 2.26. The van der Waals surface area contributed by atoms with E-state index in [0.717, 1.165) is 0 Å². The topological polar surface area (TPSA) is 62.2 Å². The summed E-state index contributed by atoms with van der Waals surface area (Å²) in [6.07, 6.45) is 1.43. The summed E-state index contributed by atoms with van der Waals surface area (Å²) in [6, 6.07) is 6.27. The molecule has 0 bridgehead atoms. The molecule has 2 aromatic rings. The second kappa shape index (κ2) is 5.90. The molecule has 0 unspecified atom stereocenters. The van der Waals surface area contributed by atoms with E-state index in [1.807, 2.05) is 0 Å². The lowest BCUT2D eigenvalue weighted by molar-refractivity contribution is 0.102. The highest BCUT2D eigenvalue weighted by molar-refractivity contribution is 9.10. The van der Waals surface area contributed by atoms with Gasteiger partial charge in [-0.3, -0.25) is 4.79 Å². The van der Waals surface area contributed by atoms with Gasteiger partial charge in [-0.1, -0.05) is 27.5 Å². The number of aromatic nitrogens is 1. The third-order valence-corrected chi connectivity index (χ3v) is 3.89. The molecule has 1 heterocycles. The maximum Gasteiger partial charge on any atom is 0.259 e. The number of nitrogens with one attached hydrogen (secondary N) is 1. The number of phenols is 1. The Balaban J connectivity index is 2.23. The summed E-state index contributed by atoms with van der Waals surface area (Å²) in [5.41, 5.74) is 0.651. The molecule has 0 fully saturated rings. The van der Waals surface area contributed by atoms with Crippen molar-refractivity contribution in [3.63, 3.8) is 0 Å². The lowest BCUT2D eigenvalue weighted by Crippen LogP contribution is -2.12. The Hall–Kier alpha value is -1.11. The standard InChI is InChI=1S/C12H7Br2ClN2O2/c13-6-1-2-8(10(18)3-6)12(19)17-7-4-9(14)11(15)16-5-7/h1-5,18H,(H,17,19). The zero-order chi connectivity index (χ0) is 14.0. The summed E-state index contributed by atoms with van der Waals surface area (Å²) in [6.45, 7) is 0. The van der Waals surface area contributed by atoms with Crippen LogP contribution in [0.1, 0.15) is 10.4 Å². The molecule has 2 N–H and O–H groups in total. The molecule has 0 saturated heterocycles. The SMILES string of the molecule is O=C(Nc1cnc(Cl)c(Br)c1)c1ccc(Br)cc1O. The van der Waals surface area contributed by atoms with Crippen LogP contribution in [0.3, 0.4) is 0 Å². The van der Waals surface area contributed by atoms with E-state index in [9.17, 15) is 9.90 Å². The van der Waals surface area contributed by atoms with E-state index in [0.29, 0.717) is 19.8 Å². The quantitative estimate of drug-likeness (QED) is 0.734. The molecule has 0 radical (unpaired) electrons. The van der Waals surface area contributed by atoms with Crippen molar-refractivity contribution in [3.05, 3.63) is 50.1 Å². The van der Waals surface area contributed by atoms with Gasteiger partial charge in [0.05, 0.1) is 21.9 Å². The molecule has 4 nitrogen and oxygen atoms in total. The second-order valence-corrected chi connectivity index (χ2v) is 5.74. The third kappa shape index (κ3) is 3.46. The summed E-state index contributed by atoms with van der Waals surface area (Å²) in [5.74, 6) is -0.533. The van der Waals surface area contributed by atoms with Gasteiger partial charge in [-0.25, -0.2) is 4.98 Å². The van der Waals surface area contributed by atoms with E-state index in [1.165, 1.54) is 18.3 Å². The van der Waals surface area contributed by atoms with Gasteiger partial charge in [0.15, 0.2) is 0 Å². The number of nitrogens with zero attached hydrogens (tertiary/aromatic N) is 1. The van der Waals surface area contributed by atoms with Crippen molar-refractivity contribution in [1.82, 2.24) is 4.98 Å². The van der Waals surface area contributed by atoms with Crippen molar-refractivity contribution in [2.75, 3.05) is 5.32 Å². The number of anilines is 1. The van der Waals surface area contributed by atoms with Crippen LogP contribution in [0, 0.1) is 0 Å². The van der Waals surface area contributed by atoms with Gasteiger partial charge in [-0.05, 0) is 40.2 Å². The molecule has 0 atom stereocenters. The van der Waals surface area contributed by atoms with Gasteiger partial charge in [0, 0.05) is 4.47 Å². The maximum absolute atomic E-state index is 12.0. The molecular formula is C12H7Br2ClN2O2. The van der Waals surface area contributed by atoms with E-state index in [-0.39, 0.29) is 11.3 Å². The van der Waals surface area contributed by atoms with Gasteiger partial charge in [-0.15, -0.1) is 0 Å². The zero-order valence-electron chi connectivity index (χ0n) is 9.32. The minimum Gasteiger partial charge on any atom is -0.507 e. The molecule has 19 heavy (non-hydrogen) atoms. The molecule has 1 amide bonds. The number of halogens is 3. The summed E-state index contributed by atoms with van der Waals surface area (Å²) < 4.78 is 1.27. The van der Waals surface area contributed by atoms with Crippen molar-refractivity contribution in [2.45, 2.75) is 0 Å². The van der Waals surface area contributed by atoms with E-state index in [2.05, 4.69) is 42.2 Å². The van der Waals surface area contributed by atoms with Crippen LogP contribution in [-0.2, 0) is 0 Å². The van der Waals surface area contributed by atoms with Crippen LogP contribution in [0.25, 0.3) is 0 Å². The molecule has 0 aliphatic rings. The number of phenolic OH excluding ortho intramolecular Hbond substituents is 1. The summed E-state index contributed by atoms with van der Waals surface area (Å²) in [7, 11) is 0.